The minimum atomic E-state index is 0.412. The van der Waals surface area contributed by atoms with Crippen LogP contribution in [0.1, 0.15) is 12.2 Å². The van der Waals surface area contributed by atoms with Crippen LogP contribution in [0.5, 0.6) is 0 Å². The Balaban J connectivity index is 1.38. The zero-order valence-electron chi connectivity index (χ0n) is 14.4. The van der Waals surface area contributed by atoms with Gasteiger partial charge in [0.1, 0.15) is 11.6 Å². The van der Waals surface area contributed by atoms with E-state index in [4.69, 9.17) is 0 Å². The lowest BCUT2D eigenvalue weighted by Crippen LogP contribution is -2.23. The summed E-state index contributed by atoms with van der Waals surface area (Å²) < 4.78 is 2.23. The average molecular weight is 337 g/mol. The third-order valence-electron chi connectivity index (χ3n) is 4.54. The third kappa shape index (κ3) is 3.56. The Morgan fingerprint density at radius 1 is 1.24 bits per heavy atom. The molecule has 130 valence electrons. The van der Waals surface area contributed by atoms with Gasteiger partial charge in [-0.2, -0.15) is 4.98 Å². The van der Waals surface area contributed by atoms with Crippen LogP contribution in [0.3, 0.4) is 0 Å². The number of nitrogens with zero attached hydrogens (tertiary/aromatic N) is 4. The molecule has 3 N–H and O–H groups in total. The highest BCUT2D eigenvalue weighted by atomic mass is 15.2. The highest BCUT2D eigenvalue weighted by Crippen LogP contribution is 2.15. The Hall–Kier alpha value is -2.67. The van der Waals surface area contributed by atoms with Gasteiger partial charge in [0.2, 0.25) is 5.95 Å². The number of hydrogen-bond donors (Lipinski definition) is 3. The molecule has 7 heteroatoms. The number of anilines is 2. The molecule has 0 saturated carbocycles. The van der Waals surface area contributed by atoms with E-state index < -0.39 is 0 Å². The zero-order chi connectivity index (χ0) is 17.1. The van der Waals surface area contributed by atoms with Crippen LogP contribution in [-0.2, 0) is 6.54 Å². The number of imidazole rings is 1. The summed E-state index contributed by atoms with van der Waals surface area (Å²) in [7, 11) is 0. The number of para-hydroxylation sites is 2. The summed E-state index contributed by atoms with van der Waals surface area (Å²) in [4.78, 5) is 13.5. The van der Waals surface area contributed by atoms with Gasteiger partial charge in [0, 0.05) is 31.9 Å². The second-order valence-electron chi connectivity index (χ2n) is 6.33. The standard InChI is InChI=1S/C18H23N7/c1-13-22-15-4-2-3-5-16(15)25(13)11-10-20-17-7-9-21-18(24-17)23-14-6-8-19-12-14/h2-5,7,9,14,19H,6,8,10-12H2,1H3,(H2,20,21,23,24). The summed E-state index contributed by atoms with van der Waals surface area (Å²) in [6.45, 7) is 5.68. The lowest BCUT2D eigenvalue weighted by Gasteiger charge is -2.13. The normalized spacial score (nSPS) is 17.1. The van der Waals surface area contributed by atoms with Crippen LogP contribution in [0.4, 0.5) is 11.8 Å². The lowest BCUT2D eigenvalue weighted by atomic mass is 10.3. The van der Waals surface area contributed by atoms with Crippen molar-refractivity contribution in [1.29, 1.82) is 0 Å². The van der Waals surface area contributed by atoms with Crippen molar-refractivity contribution in [3.8, 4) is 0 Å². The Labute approximate surface area is 146 Å². The predicted octanol–water partition coefficient (Wildman–Crippen LogP) is 2.02. The van der Waals surface area contributed by atoms with Crippen molar-refractivity contribution in [2.45, 2.75) is 25.9 Å². The Bertz CT molecular complexity index is 852. The molecule has 1 saturated heterocycles. The summed E-state index contributed by atoms with van der Waals surface area (Å²) >= 11 is 0. The molecular formula is C18H23N7. The molecule has 1 aliphatic heterocycles. The van der Waals surface area contributed by atoms with E-state index in [1.54, 1.807) is 6.20 Å². The SMILES string of the molecule is Cc1nc2ccccc2n1CCNc1ccnc(NC2CCNC2)n1. The van der Waals surface area contributed by atoms with Crippen LogP contribution in [0, 0.1) is 6.92 Å². The highest BCUT2D eigenvalue weighted by molar-refractivity contribution is 5.75. The molecule has 3 heterocycles. The fourth-order valence-corrected chi connectivity index (χ4v) is 3.26. The third-order valence-corrected chi connectivity index (χ3v) is 4.54. The van der Waals surface area contributed by atoms with Gasteiger partial charge in [-0.3, -0.25) is 0 Å². The van der Waals surface area contributed by atoms with Gasteiger partial charge < -0.3 is 20.5 Å². The second-order valence-corrected chi connectivity index (χ2v) is 6.33. The summed E-state index contributed by atoms with van der Waals surface area (Å²) in [6, 6.07) is 10.5. The largest absolute Gasteiger partial charge is 0.368 e. The van der Waals surface area contributed by atoms with E-state index >= 15 is 0 Å². The topological polar surface area (TPSA) is 79.7 Å². The van der Waals surface area contributed by atoms with E-state index in [0.29, 0.717) is 12.0 Å². The fourth-order valence-electron chi connectivity index (χ4n) is 3.26. The molecule has 4 rings (SSSR count). The molecular weight excluding hydrogens is 314 g/mol. The maximum absolute atomic E-state index is 4.60. The number of aromatic nitrogens is 4. The van der Waals surface area contributed by atoms with Crippen molar-refractivity contribution in [2.24, 2.45) is 0 Å². The van der Waals surface area contributed by atoms with Gasteiger partial charge in [-0.25, -0.2) is 9.97 Å². The molecule has 1 aromatic carbocycles. The molecule has 0 spiro atoms. The molecule has 0 bridgehead atoms. The maximum Gasteiger partial charge on any atom is 0.224 e. The van der Waals surface area contributed by atoms with Crippen LogP contribution in [0.25, 0.3) is 11.0 Å². The van der Waals surface area contributed by atoms with Gasteiger partial charge >= 0.3 is 0 Å². The van der Waals surface area contributed by atoms with Gasteiger partial charge in [0.25, 0.3) is 0 Å². The lowest BCUT2D eigenvalue weighted by molar-refractivity contribution is 0.719. The van der Waals surface area contributed by atoms with Gasteiger partial charge in [-0.1, -0.05) is 12.1 Å². The van der Waals surface area contributed by atoms with Gasteiger partial charge in [0.15, 0.2) is 0 Å². The quantitative estimate of drug-likeness (QED) is 0.639. The summed E-state index contributed by atoms with van der Waals surface area (Å²) in [6.07, 6.45) is 2.89. The number of aryl methyl sites for hydroxylation is 1. The smallest absolute Gasteiger partial charge is 0.224 e. The van der Waals surface area contributed by atoms with Crippen LogP contribution in [-0.4, -0.2) is 45.2 Å². The molecule has 25 heavy (non-hydrogen) atoms. The minimum absolute atomic E-state index is 0.412. The summed E-state index contributed by atoms with van der Waals surface area (Å²) in [5, 5.41) is 10.1. The maximum atomic E-state index is 4.60. The molecule has 1 atom stereocenters. The number of rotatable bonds is 6. The first-order chi connectivity index (χ1) is 12.3. The first-order valence-electron chi connectivity index (χ1n) is 8.75. The number of hydrogen-bond acceptors (Lipinski definition) is 6. The van der Waals surface area contributed by atoms with E-state index in [9.17, 15) is 0 Å². The average Bonchev–Trinajstić information content (AvgIpc) is 3.23. The first-order valence-corrected chi connectivity index (χ1v) is 8.75. The predicted molar refractivity (Wildman–Crippen MR) is 99.9 cm³/mol. The number of fused-ring (bicyclic) bond motifs is 1. The minimum Gasteiger partial charge on any atom is -0.368 e. The van der Waals surface area contributed by atoms with E-state index in [1.807, 2.05) is 31.2 Å². The van der Waals surface area contributed by atoms with E-state index in [2.05, 4.69) is 41.5 Å². The van der Waals surface area contributed by atoms with Gasteiger partial charge in [0.05, 0.1) is 11.0 Å². The first kappa shape index (κ1) is 15.8. The Morgan fingerprint density at radius 2 is 2.16 bits per heavy atom. The van der Waals surface area contributed by atoms with Crippen molar-refractivity contribution < 1.29 is 0 Å². The van der Waals surface area contributed by atoms with Crippen LogP contribution < -0.4 is 16.0 Å². The molecule has 1 aliphatic rings. The Kier molecular flexibility index (Phi) is 4.47. The van der Waals surface area contributed by atoms with Crippen molar-refractivity contribution in [1.82, 2.24) is 24.8 Å². The van der Waals surface area contributed by atoms with Crippen molar-refractivity contribution in [2.75, 3.05) is 30.3 Å². The van der Waals surface area contributed by atoms with Gasteiger partial charge in [-0.05, 0) is 38.1 Å². The van der Waals surface area contributed by atoms with Gasteiger partial charge in [-0.15, -0.1) is 0 Å². The van der Waals surface area contributed by atoms with E-state index in [1.165, 1.54) is 5.52 Å². The highest BCUT2D eigenvalue weighted by Gasteiger charge is 2.15. The zero-order valence-corrected chi connectivity index (χ0v) is 14.4. The van der Waals surface area contributed by atoms with Crippen molar-refractivity contribution >= 4 is 22.8 Å². The molecule has 0 amide bonds. The van der Waals surface area contributed by atoms with Crippen LogP contribution >= 0.6 is 0 Å². The second kappa shape index (κ2) is 7.06. The van der Waals surface area contributed by atoms with Crippen molar-refractivity contribution in [3.63, 3.8) is 0 Å². The summed E-state index contributed by atoms with van der Waals surface area (Å²) in [5.41, 5.74) is 2.21. The summed E-state index contributed by atoms with van der Waals surface area (Å²) in [5.74, 6) is 2.55. The number of nitrogens with one attached hydrogen (secondary N) is 3. The molecule has 0 aliphatic carbocycles. The number of benzene rings is 1. The Morgan fingerprint density at radius 3 is 3.04 bits per heavy atom. The van der Waals surface area contributed by atoms with Crippen molar-refractivity contribution in [3.05, 3.63) is 42.4 Å². The molecule has 1 unspecified atom stereocenters. The molecule has 3 aromatic rings. The fraction of sp³-hybridized carbons (Fsp3) is 0.389. The molecule has 0 radical (unpaired) electrons. The van der Waals surface area contributed by atoms with Crippen LogP contribution in [0.2, 0.25) is 0 Å². The monoisotopic (exact) mass is 337 g/mol. The molecule has 1 fully saturated rings. The van der Waals surface area contributed by atoms with E-state index in [0.717, 1.165) is 49.8 Å². The molecule has 7 nitrogen and oxygen atoms in total. The van der Waals surface area contributed by atoms with Crippen LogP contribution in [0.15, 0.2) is 36.5 Å². The molecule has 2 aromatic heterocycles. The van der Waals surface area contributed by atoms with E-state index in [-0.39, 0.29) is 0 Å².